The van der Waals surface area contributed by atoms with Crippen molar-refractivity contribution in [2.45, 2.75) is 38.6 Å². The fourth-order valence-electron chi connectivity index (χ4n) is 3.88. The number of ether oxygens (including phenoxy) is 1. The molecule has 1 saturated carbocycles. The number of anilines is 1. The van der Waals surface area contributed by atoms with Gasteiger partial charge in [-0.3, -0.25) is 9.79 Å². The van der Waals surface area contributed by atoms with Gasteiger partial charge in [-0.15, -0.1) is 0 Å². The van der Waals surface area contributed by atoms with Crippen LogP contribution in [0.15, 0.2) is 29.3 Å². The number of aliphatic imine (C=N–C) groups is 1. The highest BCUT2D eigenvalue weighted by Crippen LogP contribution is 2.40. The molecule has 7 heteroatoms. The first-order chi connectivity index (χ1) is 14.0. The van der Waals surface area contributed by atoms with Crippen LogP contribution in [0.25, 0.3) is 0 Å². The van der Waals surface area contributed by atoms with Crippen LogP contribution in [-0.2, 0) is 16.1 Å². The lowest BCUT2D eigenvalue weighted by Gasteiger charge is -2.30. The second-order valence-electron chi connectivity index (χ2n) is 8.22. The average Bonchev–Trinajstić information content (AvgIpc) is 3.15. The fraction of sp³-hybridized carbons (Fsp3) is 0.636. The number of carbonyl (C=O) groups is 1. The van der Waals surface area contributed by atoms with Gasteiger partial charge in [0.2, 0.25) is 5.91 Å². The summed E-state index contributed by atoms with van der Waals surface area (Å²) in [5.74, 6) is 0.784. The van der Waals surface area contributed by atoms with E-state index in [-0.39, 0.29) is 5.91 Å². The number of hydrogen-bond acceptors (Lipinski definition) is 4. The van der Waals surface area contributed by atoms with Crippen molar-refractivity contribution in [3.05, 3.63) is 29.8 Å². The maximum Gasteiger partial charge on any atom is 0.238 e. The van der Waals surface area contributed by atoms with Gasteiger partial charge >= 0.3 is 0 Å². The highest BCUT2D eigenvalue weighted by atomic mass is 16.5. The number of nitrogens with zero attached hydrogens (tertiary/aromatic N) is 2. The van der Waals surface area contributed by atoms with Crippen LogP contribution in [0, 0.1) is 5.41 Å². The van der Waals surface area contributed by atoms with Crippen LogP contribution >= 0.6 is 0 Å². The maximum atomic E-state index is 12.0. The van der Waals surface area contributed by atoms with E-state index in [2.05, 4.69) is 20.9 Å². The van der Waals surface area contributed by atoms with Crippen molar-refractivity contribution in [1.29, 1.82) is 0 Å². The van der Waals surface area contributed by atoms with Crippen molar-refractivity contribution in [2.24, 2.45) is 10.4 Å². The number of methoxy groups -OCH3 is 1. The number of amides is 1. The van der Waals surface area contributed by atoms with Gasteiger partial charge < -0.3 is 25.6 Å². The molecular formula is C22H37N5O2. The van der Waals surface area contributed by atoms with Crippen LogP contribution in [0.4, 0.5) is 5.69 Å². The number of likely N-dealkylation sites (N-methyl/N-ethyl adjacent to an activating group) is 1. The summed E-state index contributed by atoms with van der Waals surface area (Å²) in [4.78, 5) is 18.2. The first-order valence-corrected chi connectivity index (χ1v) is 10.4. The third-order valence-corrected chi connectivity index (χ3v) is 5.49. The zero-order chi connectivity index (χ0) is 21.1. The lowest BCUT2D eigenvalue weighted by Crippen LogP contribution is -2.43. The largest absolute Gasteiger partial charge is 0.385 e. The van der Waals surface area contributed by atoms with Gasteiger partial charge in [0.25, 0.3) is 0 Å². The second-order valence-corrected chi connectivity index (χ2v) is 8.22. The molecule has 0 radical (unpaired) electrons. The molecule has 0 bridgehead atoms. The molecule has 1 amide bonds. The van der Waals surface area contributed by atoms with Gasteiger partial charge in [-0.1, -0.05) is 25.0 Å². The van der Waals surface area contributed by atoms with Crippen LogP contribution in [0.1, 0.15) is 37.7 Å². The Morgan fingerprint density at radius 1 is 1.24 bits per heavy atom. The Bertz CT molecular complexity index is 669. The molecule has 0 aliphatic heterocycles. The smallest absolute Gasteiger partial charge is 0.238 e. The summed E-state index contributed by atoms with van der Waals surface area (Å²) in [7, 11) is 7.32. The zero-order valence-corrected chi connectivity index (χ0v) is 18.4. The minimum Gasteiger partial charge on any atom is -0.385 e. The molecule has 0 atom stereocenters. The number of guanidine groups is 1. The van der Waals surface area contributed by atoms with Crippen LogP contribution in [0.2, 0.25) is 0 Å². The molecular weight excluding hydrogens is 366 g/mol. The minimum atomic E-state index is -0.0181. The average molecular weight is 404 g/mol. The molecule has 0 unspecified atom stereocenters. The first kappa shape index (κ1) is 23.2. The van der Waals surface area contributed by atoms with Crippen molar-refractivity contribution in [1.82, 2.24) is 15.5 Å². The van der Waals surface area contributed by atoms with E-state index in [0.29, 0.717) is 18.5 Å². The minimum absolute atomic E-state index is 0.0181. The van der Waals surface area contributed by atoms with E-state index in [9.17, 15) is 4.79 Å². The van der Waals surface area contributed by atoms with E-state index in [1.165, 1.54) is 25.7 Å². The van der Waals surface area contributed by atoms with Crippen molar-refractivity contribution in [3.8, 4) is 0 Å². The van der Waals surface area contributed by atoms with Gasteiger partial charge in [-0.25, -0.2) is 0 Å². The van der Waals surface area contributed by atoms with Crippen molar-refractivity contribution >= 4 is 17.6 Å². The van der Waals surface area contributed by atoms with Crippen molar-refractivity contribution in [3.63, 3.8) is 0 Å². The molecule has 2 rings (SSSR count). The monoisotopic (exact) mass is 403 g/mol. The molecule has 0 saturated heterocycles. The Balaban J connectivity index is 1.85. The summed E-state index contributed by atoms with van der Waals surface area (Å²) in [5, 5.41) is 9.83. The third-order valence-electron chi connectivity index (χ3n) is 5.49. The zero-order valence-electron chi connectivity index (χ0n) is 18.4. The Labute approximate surface area is 175 Å². The highest BCUT2D eigenvalue weighted by Gasteiger charge is 2.33. The first-order valence-electron chi connectivity index (χ1n) is 10.4. The second kappa shape index (κ2) is 11.8. The molecule has 1 aliphatic carbocycles. The van der Waals surface area contributed by atoms with Crippen LogP contribution in [0.3, 0.4) is 0 Å². The topological polar surface area (TPSA) is 78.0 Å². The Hall–Kier alpha value is -2.12. The number of carbonyl (C=O) groups excluding carboxylic acids is 1. The summed E-state index contributed by atoms with van der Waals surface area (Å²) >= 11 is 0. The summed E-state index contributed by atoms with van der Waals surface area (Å²) in [5.41, 5.74) is 2.21. The molecule has 0 spiro atoms. The molecule has 0 heterocycles. The van der Waals surface area contributed by atoms with E-state index < -0.39 is 0 Å². The van der Waals surface area contributed by atoms with E-state index in [0.717, 1.165) is 36.8 Å². The lowest BCUT2D eigenvalue weighted by molar-refractivity contribution is -0.116. The fourth-order valence-corrected chi connectivity index (χ4v) is 3.88. The SMILES string of the molecule is CN=C(NCc1cccc(NC(=O)CN(C)C)c1)NCC1(CCOC)CCCC1. The van der Waals surface area contributed by atoms with Gasteiger partial charge in [-0.05, 0) is 56.5 Å². The number of rotatable bonds is 10. The Morgan fingerprint density at radius 2 is 2.00 bits per heavy atom. The maximum absolute atomic E-state index is 12.0. The van der Waals surface area contributed by atoms with Gasteiger partial charge in [0.15, 0.2) is 5.96 Å². The summed E-state index contributed by atoms with van der Waals surface area (Å²) in [6, 6.07) is 7.89. The molecule has 1 fully saturated rings. The Kier molecular flexibility index (Phi) is 9.41. The van der Waals surface area contributed by atoms with Crippen molar-refractivity contribution in [2.75, 3.05) is 53.3 Å². The molecule has 3 N–H and O–H groups in total. The molecule has 1 aromatic carbocycles. The highest BCUT2D eigenvalue weighted by molar-refractivity contribution is 5.92. The normalized spacial score (nSPS) is 16.1. The predicted octanol–water partition coefficient (Wildman–Crippen LogP) is 2.45. The summed E-state index contributed by atoms with van der Waals surface area (Å²) in [6.45, 7) is 2.72. The van der Waals surface area contributed by atoms with Gasteiger partial charge in [0, 0.05) is 39.5 Å². The predicted molar refractivity (Wildman–Crippen MR) is 119 cm³/mol. The Morgan fingerprint density at radius 3 is 2.66 bits per heavy atom. The van der Waals surface area contributed by atoms with E-state index in [4.69, 9.17) is 4.74 Å². The van der Waals surface area contributed by atoms with E-state index in [1.807, 2.05) is 43.3 Å². The van der Waals surface area contributed by atoms with Gasteiger partial charge in [0.05, 0.1) is 6.54 Å². The molecule has 1 aliphatic rings. The number of nitrogens with one attached hydrogen (secondary N) is 3. The standard InChI is InChI=1S/C22H37N5O2/c1-23-21(25-17-22(12-13-29-4)10-5-6-11-22)24-15-18-8-7-9-19(14-18)26-20(28)16-27(2)3/h7-9,14H,5-6,10-13,15-17H2,1-4H3,(H,26,28)(H2,23,24,25). The summed E-state index contributed by atoms with van der Waals surface area (Å²) in [6.07, 6.45) is 6.17. The van der Waals surface area contributed by atoms with Gasteiger partial charge in [0.1, 0.15) is 0 Å². The molecule has 1 aromatic rings. The number of hydrogen-bond donors (Lipinski definition) is 3. The molecule has 7 nitrogen and oxygen atoms in total. The van der Waals surface area contributed by atoms with Crippen LogP contribution < -0.4 is 16.0 Å². The molecule has 0 aromatic heterocycles. The lowest BCUT2D eigenvalue weighted by atomic mass is 9.83. The van der Waals surface area contributed by atoms with E-state index >= 15 is 0 Å². The van der Waals surface area contributed by atoms with Crippen LogP contribution in [-0.4, -0.2) is 64.7 Å². The molecule has 29 heavy (non-hydrogen) atoms. The van der Waals surface area contributed by atoms with Gasteiger partial charge in [-0.2, -0.15) is 0 Å². The van der Waals surface area contributed by atoms with Crippen LogP contribution in [0.5, 0.6) is 0 Å². The quantitative estimate of drug-likeness (QED) is 0.413. The van der Waals surface area contributed by atoms with Crippen molar-refractivity contribution < 1.29 is 9.53 Å². The van der Waals surface area contributed by atoms with E-state index in [1.54, 1.807) is 14.2 Å². The summed E-state index contributed by atoms with van der Waals surface area (Å²) < 4.78 is 5.32. The number of benzene rings is 1. The third kappa shape index (κ3) is 8.03. The molecule has 162 valence electrons.